The monoisotopic (exact) mass is 259 g/mol. The fourth-order valence-electron chi connectivity index (χ4n) is 1.89. The molecule has 0 aromatic heterocycles. The second kappa shape index (κ2) is 6.74. The van der Waals surface area contributed by atoms with E-state index in [2.05, 4.69) is 5.16 Å². The molecule has 2 unspecified atom stereocenters. The van der Waals surface area contributed by atoms with Crippen LogP contribution in [0.5, 0.6) is 0 Å². The summed E-state index contributed by atoms with van der Waals surface area (Å²) >= 11 is 1.83. The molecule has 0 bridgehead atoms. The molecule has 3 N–H and O–H groups in total. The Morgan fingerprint density at radius 3 is 2.88 bits per heavy atom. The summed E-state index contributed by atoms with van der Waals surface area (Å²) in [4.78, 5) is 14.0. The molecule has 2 atom stereocenters. The first-order chi connectivity index (χ1) is 8.10. The zero-order valence-corrected chi connectivity index (χ0v) is 11.2. The second-order valence-electron chi connectivity index (χ2n) is 4.36. The fraction of sp³-hybridized carbons (Fsp3) is 0.818. The number of carbonyl (C=O) groups is 1. The highest BCUT2D eigenvalue weighted by molar-refractivity contribution is 7.99. The smallest absolute Gasteiger partial charge is 0.226 e. The van der Waals surface area contributed by atoms with Crippen molar-refractivity contribution in [2.75, 3.05) is 24.6 Å². The number of carbonyl (C=O) groups excluding carboxylic acids is 1. The fourth-order valence-corrected chi connectivity index (χ4v) is 3.10. The Kier molecular flexibility index (Phi) is 5.61. The number of hydrogen-bond acceptors (Lipinski definition) is 4. The summed E-state index contributed by atoms with van der Waals surface area (Å²) in [7, 11) is 0. The number of thioether (sulfide) groups is 1. The van der Waals surface area contributed by atoms with Crippen LogP contribution in [-0.2, 0) is 4.79 Å². The Bertz CT molecular complexity index is 290. The van der Waals surface area contributed by atoms with Crippen molar-refractivity contribution >= 4 is 23.5 Å². The molecule has 1 rings (SSSR count). The van der Waals surface area contributed by atoms with E-state index in [1.54, 1.807) is 4.90 Å². The molecule has 17 heavy (non-hydrogen) atoms. The highest BCUT2D eigenvalue weighted by Gasteiger charge is 2.28. The molecule has 1 aliphatic heterocycles. The first-order valence-electron chi connectivity index (χ1n) is 5.94. The van der Waals surface area contributed by atoms with Crippen molar-refractivity contribution < 1.29 is 10.0 Å². The van der Waals surface area contributed by atoms with E-state index in [-0.39, 0.29) is 23.6 Å². The minimum atomic E-state index is -0.113. The molecule has 0 aliphatic carbocycles. The van der Waals surface area contributed by atoms with Crippen LogP contribution in [0.25, 0.3) is 0 Å². The highest BCUT2D eigenvalue weighted by Crippen LogP contribution is 2.25. The number of amides is 1. The van der Waals surface area contributed by atoms with Gasteiger partial charge in [0, 0.05) is 30.7 Å². The lowest BCUT2D eigenvalue weighted by molar-refractivity contribution is -0.134. The van der Waals surface area contributed by atoms with E-state index in [0.29, 0.717) is 13.1 Å². The summed E-state index contributed by atoms with van der Waals surface area (Å²) in [5, 5.41) is 11.6. The molecule has 1 aliphatic rings. The third-order valence-corrected chi connectivity index (χ3v) is 4.25. The molecule has 98 valence electrons. The third kappa shape index (κ3) is 3.80. The van der Waals surface area contributed by atoms with Gasteiger partial charge in [-0.05, 0) is 19.1 Å². The summed E-state index contributed by atoms with van der Waals surface area (Å²) in [6.07, 6.45) is 0.970. The van der Waals surface area contributed by atoms with Crippen molar-refractivity contribution in [1.29, 1.82) is 0 Å². The first kappa shape index (κ1) is 14.2. The minimum absolute atomic E-state index is 0.113. The van der Waals surface area contributed by atoms with Crippen molar-refractivity contribution in [2.45, 2.75) is 20.3 Å². The number of oxime groups is 1. The summed E-state index contributed by atoms with van der Waals surface area (Å²) in [6.45, 7) is 5.00. The number of rotatable bonds is 5. The van der Waals surface area contributed by atoms with Crippen LogP contribution in [0.15, 0.2) is 5.16 Å². The molecular weight excluding hydrogens is 238 g/mol. The SMILES string of the molecule is CCN(CC(C)C(N)=NO)C(=O)C1CCSC1. The van der Waals surface area contributed by atoms with Crippen LogP contribution in [0.2, 0.25) is 0 Å². The van der Waals surface area contributed by atoms with Gasteiger partial charge < -0.3 is 15.8 Å². The molecule has 1 amide bonds. The van der Waals surface area contributed by atoms with E-state index in [1.165, 1.54) is 0 Å². The summed E-state index contributed by atoms with van der Waals surface area (Å²) < 4.78 is 0. The lowest BCUT2D eigenvalue weighted by atomic mass is 10.1. The van der Waals surface area contributed by atoms with E-state index in [1.807, 2.05) is 25.6 Å². The topological polar surface area (TPSA) is 78.9 Å². The van der Waals surface area contributed by atoms with Crippen molar-refractivity contribution in [1.82, 2.24) is 4.90 Å². The van der Waals surface area contributed by atoms with Gasteiger partial charge in [-0.25, -0.2) is 0 Å². The van der Waals surface area contributed by atoms with Crippen LogP contribution in [0.4, 0.5) is 0 Å². The van der Waals surface area contributed by atoms with Crippen molar-refractivity contribution in [3.63, 3.8) is 0 Å². The normalized spacial score (nSPS) is 22.5. The highest BCUT2D eigenvalue weighted by atomic mass is 32.2. The molecular formula is C11H21N3O2S. The molecule has 0 radical (unpaired) electrons. The van der Waals surface area contributed by atoms with Gasteiger partial charge in [0.15, 0.2) is 0 Å². The van der Waals surface area contributed by atoms with Gasteiger partial charge in [-0.2, -0.15) is 11.8 Å². The Morgan fingerprint density at radius 1 is 1.71 bits per heavy atom. The summed E-state index contributed by atoms with van der Waals surface area (Å²) in [5.41, 5.74) is 5.53. The van der Waals surface area contributed by atoms with Crippen LogP contribution in [0, 0.1) is 11.8 Å². The zero-order chi connectivity index (χ0) is 12.8. The lowest BCUT2D eigenvalue weighted by Gasteiger charge is -2.26. The van der Waals surface area contributed by atoms with Crippen LogP contribution >= 0.6 is 11.8 Å². The largest absolute Gasteiger partial charge is 0.409 e. The predicted molar refractivity (Wildman–Crippen MR) is 70.3 cm³/mol. The van der Waals surface area contributed by atoms with Crippen LogP contribution in [0.3, 0.4) is 0 Å². The Balaban J connectivity index is 2.55. The maximum Gasteiger partial charge on any atom is 0.226 e. The van der Waals surface area contributed by atoms with Gasteiger partial charge in [0.1, 0.15) is 5.84 Å². The van der Waals surface area contributed by atoms with Crippen LogP contribution in [0.1, 0.15) is 20.3 Å². The van der Waals surface area contributed by atoms with Crippen LogP contribution < -0.4 is 5.73 Å². The number of amidine groups is 1. The predicted octanol–water partition coefficient (Wildman–Crippen LogP) is 0.970. The van der Waals surface area contributed by atoms with Gasteiger partial charge in [0.25, 0.3) is 0 Å². The first-order valence-corrected chi connectivity index (χ1v) is 7.09. The standard InChI is InChI=1S/C11H21N3O2S/c1-3-14(6-8(2)10(12)13-16)11(15)9-4-5-17-7-9/h8-9,16H,3-7H2,1-2H3,(H2,12,13). The van der Waals surface area contributed by atoms with Gasteiger partial charge in [-0.1, -0.05) is 12.1 Å². The Hall–Kier alpha value is -0.910. The summed E-state index contributed by atoms with van der Waals surface area (Å²) in [5.74, 6) is 2.42. The van der Waals surface area contributed by atoms with E-state index in [9.17, 15) is 4.79 Å². The minimum Gasteiger partial charge on any atom is -0.409 e. The maximum atomic E-state index is 12.2. The van der Waals surface area contributed by atoms with E-state index >= 15 is 0 Å². The molecule has 0 aromatic rings. The van der Waals surface area contributed by atoms with E-state index in [0.717, 1.165) is 17.9 Å². The average Bonchev–Trinajstić information content (AvgIpc) is 2.87. The maximum absolute atomic E-state index is 12.2. The molecule has 0 saturated carbocycles. The molecule has 6 heteroatoms. The zero-order valence-electron chi connectivity index (χ0n) is 10.4. The van der Waals surface area contributed by atoms with Gasteiger partial charge in [-0.3, -0.25) is 4.79 Å². The second-order valence-corrected chi connectivity index (χ2v) is 5.51. The molecule has 1 saturated heterocycles. The number of hydrogen-bond donors (Lipinski definition) is 2. The van der Waals surface area contributed by atoms with Gasteiger partial charge in [-0.15, -0.1) is 0 Å². The molecule has 0 aromatic carbocycles. The lowest BCUT2D eigenvalue weighted by Crippen LogP contribution is -2.41. The number of nitrogens with zero attached hydrogens (tertiary/aromatic N) is 2. The van der Waals surface area contributed by atoms with Crippen molar-refractivity contribution in [3.8, 4) is 0 Å². The quantitative estimate of drug-likeness (QED) is 0.334. The Labute approximate surface area is 106 Å². The van der Waals surface area contributed by atoms with E-state index in [4.69, 9.17) is 10.9 Å². The summed E-state index contributed by atoms with van der Waals surface area (Å²) in [6, 6.07) is 0. The molecule has 5 nitrogen and oxygen atoms in total. The molecule has 1 heterocycles. The van der Waals surface area contributed by atoms with Crippen molar-refractivity contribution in [2.24, 2.45) is 22.7 Å². The number of nitrogens with two attached hydrogens (primary N) is 1. The molecule has 0 spiro atoms. The van der Waals surface area contributed by atoms with Crippen molar-refractivity contribution in [3.05, 3.63) is 0 Å². The van der Waals surface area contributed by atoms with E-state index < -0.39 is 0 Å². The third-order valence-electron chi connectivity index (χ3n) is 3.09. The average molecular weight is 259 g/mol. The van der Waals surface area contributed by atoms with Gasteiger partial charge in [0.05, 0.1) is 0 Å². The van der Waals surface area contributed by atoms with Gasteiger partial charge in [0.2, 0.25) is 5.91 Å². The van der Waals surface area contributed by atoms with Gasteiger partial charge >= 0.3 is 0 Å². The Morgan fingerprint density at radius 2 is 2.41 bits per heavy atom. The molecule has 1 fully saturated rings. The van der Waals surface area contributed by atoms with Crippen LogP contribution in [-0.4, -0.2) is 46.4 Å².